The molecule has 1 aliphatic carbocycles. The number of nitrogens with two attached hydrogens (primary N) is 1. The van der Waals surface area contributed by atoms with Crippen LogP contribution in [0.15, 0.2) is 48.5 Å². The molecule has 2 aromatic rings. The molecule has 3 N–H and O–H groups in total. The number of carbonyl (C=O) groups is 2. The summed E-state index contributed by atoms with van der Waals surface area (Å²) in [5.74, 6) is -0.482. The molecule has 2 aromatic carbocycles. The average Bonchev–Trinajstić information content (AvgIpc) is 2.99. The summed E-state index contributed by atoms with van der Waals surface area (Å²) < 4.78 is 9.94. The Morgan fingerprint density at radius 1 is 1.08 bits per heavy atom. The molecule has 1 atom stereocenters. The van der Waals surface area contributed by atoms with E-state index in [1.165, 1.54) is 18.2 Å². The second-order valence-electron chi connectivity index (χ2n) is 6.17. The number of benzene rings is 2. The first-order valence-corrected chi connectivity index (χ1v) is 8.54. The van der Waals surface area contributed by atoms with Crippen LogP contribution < -0.4 is 11.1 Å². The number of amides is 1. The fraction of sp³-hybridized carbons (Fsp3) is 0.300. The zero-order valence-corrected chi connectivity index (χ0v) is 14.6. The first-order chi connectivity index (χ1) is 12.6. The van der Waals surface area contributed by atoms with Crippen molar-refractivity contribution in [1.29, 1.82) is 0 Å². The number of fused-ring (bicyclic) bond motifs is 3. The van der Waals surface area contributed by atoms with Crippen LogP contribution in [0.4, 0.5) is 4.79 Å². The first-order valence-electron chi connectivity index (χ1n) is 8.54. The van der Waals surface area contributed by atoms with E-state index in [9.17, 15) is 9.59 Å². The minimum Gasteiger partial charge on any atom is -0.468 e. The molecule has 0 fully saturated rings. The summed E-state index contributed by atoms with van der Waals surface area (Å²) in [6.45, 7) is 0.496. The summed E-state index contributed by atoms with van der Waals surface area (Å²) in [5, 5.41) is 2.62. The van der Waals surface area contributed by atoms with Gasteiger partial charge in [0.15, 0.2) is 0 Å². The van der Waals surface area contributed by atoms with Crippen molar-refractivity contribution in [2.45, 2.75) is 18.4 Å². The lowest BCUT2D eigenvalue weighted by Gasteiger charge is -2.15. The summed E-state index contributed by atoms with van der Waals surface area (Å²) in [6.07, 6.45) is -0.236. The van der Waals surface area contributed by atoms with Gasteiger partial charge < -0.3 is 20.5 Å². The number of hydrogen-bond donors (Lipinski definition) is 2. The SMILES string of the molecule is COC(=O)[C@H](N)CCNC(=O)OCC1c2ccccc2-c2ccccc21. The maximum atomic E-state index is 12.0. The first kappa shape index (κ1) is 17.9. The predicted molar refractivity (Wildman–Crippen MR) is 97.7 cm³/mol. The molecule has 26 heavy (non-hydrogen) atoms. The number of methoxy groups -OCH3 is 1. The van der Waals surface area contributed by atoms with E-state index in [-0.39, 0.29) is 25.5 Å². The minimum absolute atomic E-state index is 0.0190. The minimum atomic E-state index is -0.756. The van der Waals surface area contributed by atoms with E-state index in [0.717, 1.165) is 11.1 Å². The number of nitrogens with one attached hydrogen (secondary N) is 1. The number of esters is 1. The van der Waals surface area contributed by atoms with Crippen LogP contribution in [0.2, 0.25) is 0 Å². The van der Waals surface area contributed by atoms with Crippen molar-refractivity contribution >= 4 is 12.1 Å². The molecule has 1 aliphatic rings. The van der Waals surface area contributed by atoms with Crippen LogP contribution in [-0.2, 0) is 14.3 Å². The second-order valence-corrected chi connectivity index (χ2v) is 6.17. The molecule has 0 radical (unpaired) electrons. The highest BCUT2D eigenvalue weighted by Crippen LogP contribution is 2.44. The zero-order valence-electron chi connectivity index (χ0n) is 14.6. The third-order valence-corrected chi connectivity index (χ3v) is 4.57. The molecule has 0 bridgehead atoms. The van der Waals surface area contributed by atoms with Crippen molar-refractivity contribution < 1.29 is 19.1 Å². The molecule has 0 saturated carbocycles. The molecule has 0 aromatic heterocycles. The van der Waals surface area contributed by atoms with Gasteiger partial charge >= 0.3 is 12.1 Å². The smallest absolute Gasteiger partial charge is 0.407 e. The number of rotatable bonds is 6. The number of hydrogen-bond acceptors (Lipinski definition) is 5. The summed E-state index contributed by atoms with van der Waals surface area (Å²) in [7, 11) is 1.28. The average molecular weight is 354 g/mol. The molecule has 0 aliphatic heterocycles. The normalized spacial score (nSPS) is 13.5. The maximum absolute atomic E-state index is 12.0. The Morgan fingerprint density at radius 3 is 2.23 bits per heavy atom. The lowest BCUT2D eigenvalue weighted by atomic mass is 9.98. The lowest BCUT2D eigenvalue weighted by molar-refractivity contribution is -0.142. The van der Waals surface area contributed by atoms with Crippen LogP contribution >= 0.6 is 0 Å². The number of alkyl carbamates (subject to hydrolysis) is 1. The molecular formula is C20H22N2O4. The van der Waals surface area contributed by atoms with Gasteiger partial charge in [-0.15, -0.1) is 0 Å². The molecule has 1 amide bonds. The molecule has 0 heterocycles. The maximum Gasteiger partial charge on any atom is 0.407 e. The molecule has 3 rings (SSSR count). The van der Waals surface area contributed by atoms with Gasteiger partial charge in [-0.1, -0.05) is 48.5 Å². The van der Waals surface area contributed by atoms with E-state index in [1.807, 2.05) is 24.3 Å². The second kappa shape index (κ2) is 8.01. The van der Waals surface area contributed by atoms with Crippen LogP contribution in [0.5, 0.6) is 0 Å². The van der Waals surface area contributed by atoms with Crippen LogP contribution in [0, 0.1) is 0 Å². The van der Waals surface area contributed by atoms with E-state index in [0.29, 0.717) is 0 Å². The van der Waals surface area contributed by atoms with Crippen LogP contribution in [0.25, 0.3) is 11.1 Å². The summed E-state index contributed by atoms with van der Waals surface area (Å²) >= 11 is 0. The summed E-state index contributed by atoms with van der Waals surface area (Å²) in [6, 6.07) is 15.6. The molecule has 0 spiro atoms. The monoisotopic (exact) mass is 354 g/mol. The molecule has 6 heteroatoms. The largest absolute Gasteiger partial charge is 0.468 e. The highest BCUT2D eigenvalue weighted by Gasteiger charge is 2.28. The van der Waals surface area contributed by atoms with Gasteiger partial charge in [0.25, 0.3) is 0 Å². The Hall–Kier alpha value is -2.86. The molecule has 0 saturated heterocycles. The Balaban J connectivity index is 1.56. The Bertz CT molecular complexity index is 760. The highest BCUT2D eigenvalue weighted by atomic mass is 16.5. The summed E-state index contributed by atoms with van der Waals surface area (Å²) in [5.41, 5.74) is 10.3. The number of ether oxygens (including phenoxy) is 2. The zero-order chi connectivity index (χ0) is 18.5. The molecule has 0 unspecified atom stereocenters. The van der Waals surface area contributed by atoms with Gasteiger partial charge in [-0.2, -0.15) is 0 Å². The van der Waals surface area contributed by atoms with Gasteiger partial charge in [0.1, 0.15) is 12.6 Å². The van der Waals surface area contributed by atoms with E-state index in [4.69, 9.17) is 10.5 Å². The predicted octanol–water partition coefficient (Wildman–Crippen LogP) is 2.42. The van der Waals surface area contributed by atoms with Crippen molar-refractivity contribution in [3.63, 3.8) is 0 Å². The Morgan fingerprint density at radius 2 is 1.65 bits per heavy atom. The third-order valence-electron chi connectivity index (χ3n) is 4.57. The molecule has 6 nitrogen and oxygen atoms in total. The van der Waals surface area contributed by atoms with Gasteiger partial charge in [0, 0.05) is 12.5 Å². The van der Waals surface area contributed by atoms with Crippen molar-refractivity contribution in [1.82, 2.24) is 5.32 Å². The van der Waals surface area contributed by atoms with Gasteiger partial charge in [0.05, 0.1) is 7.11 Å². The van der Waals surface area contributed by atoms with Crippen LogP contribution in [-0.4, -0.2) is 38.4 Å². The fourth-order valence-corrected chi connectivity index (χ4v) is 3.25. The van der Waals surface area contributed by atoms with E-state index in [2.05, 4.69) is 34.3 Å². The van der Waals surface area contributed by atoms with Crippen molar-refractivity contribution in [2.75, 3.05) is 20.3 Å². The fourth-order valence-electron chi connectivity index (χ4n) is 3.25. The van der Waals surface area contributed by atoms with Gasteiger partial charge in [0.2, 0.25) is 0 Å². The van der Waals surface area contributed by atoms with Crippen LogP contribution in [0.1, 0.15) is 23.5 Å². The van der Waals surface area contributed by atoms with Gasteiger partial charge in [-0.3, -0.25) is 4.79 Å². The summed E-state index contributed by atoms with van der Waals surface area (Å²) in [4.78, 5) is 23.2. The van der Waals surface area contributed by atoms with Crippen molar-refractivity contribution in [3.8, 4) is 11.1 Å². The molecule has 136 valence electrons. The lowest BCUT2D eigenvalue weighted by Crippen LogP contribution is -2.36. The van der Waals surface area contributed by atoms with E-state index in [1.54, 1.807) is 0 Å². The van der Waals surface area contributed by atoms with Gasteiger partial charge in [-0.05, 0) is 28.7 Å². The van der Waals surface area contributed by atoms with Crippen LogP contribution in [0.3, 0.4) is 0 Å². The van der Waals surface area contributed by atoms with E-state index < -0.39 is 18.1 Å². The Labute approximate surface area is 152 Å². The number of carbonyl (C=O) groups excluding carboxylic acids is 2. The third kappa shape index (κ3) is 3.70. The Kier molecular flexibility index (Phi) is 5.53. The highest BCUT2D eigenvalue weighted by molar-refractivity contribution is 5.79. The van der Waals surface area contributed by atoms with E-state index >= 15 is 0 Å². The van der Waals surface area contributed by atoms with Crippen molar-refractivity contribution in [3.05, 3.63) is 59.7 Å². The molecular weight excluding hydrogens is 332 g/mol. The van der Waals surface area contributed by atoms with Crippen molar-refractivity contribution in [2.24, 2.45) is 5.73 Å². The van der Waals surface area contributed by atoms with Gasteiger partial charge in [-0.25, -0.2) is 4.79 Å². The topological polar surface area (TPSA) is 90.6 Å². The standard InChI is InChI=1S/C20H22N2O4/c1-25-19(23)18(21)10-11-22-20(24)26-12-17-15-8-4-2-6-13(15)14-7-3-5-9-16(14)17/h2-9,17-18H,10-12,21H2,1H3,(H,22,24)/t18-/m1/s1. The quantitative estimate of drug-likeness (QED) is 0.778.